The van der Waals surface area contributed by atoms with Gasteiger partial charge in [0.2, 0.25) is 5.95 Å². The highest BCUT2D eigenvalue weighted by Crippen LogP contribution is 2.16. The van der Waals surface area contributed by atoms with Gasteiger partial charge in [0.15, 0.2) is 0 Å². The summed E-state index contributed by atoms with van der Waals surface area (Å²) < 4.78 is 1.93. The third-order valence-electron chi connectivity index (χ3n) is 2.00. The lowest BCUT2D eigenvalue weighted by atomic mass is 10.3. The van der Waals surface area contributed by atoms with Crippen molar-refractivity contribution in [3.05, 3.63) is 36.9 Å². The number of benzene rings is 1. The number of halogens is 1. The molecule has 0 aliphatic carbocycles. The number of para-hydroxylation sites is 2. The summed E-state index contributed by atoms with van der Waals surface area (Å²) in [7, 11) is 0. The third kappa shape index (κ3) is 1.59. The molecule has 2 rings (SSSR count). The van der Waals surface area contributed by atoms with Crippen LogP contribution in [0.15, 0.2) is 36.9 Å². The van der Waals surface area contributed by atoms with Gasteiger partial charge >= 0.3 is 0 Å². The lowest BCUT2D eigenvalue weighted by Crippen LogP contribution is -2.00. The van der Waals surface area contributed by atoms with E-state index < -0.39 is 0 Å². The second kappa shape index (κ2) is 4.15. The Bertz CT molecular complexity index is 448. The molecule has 2 aromatic rings. The molecule has 0 amide bonds. The summed E-state index contributed by atoms with van der Waals surface area (Å²) in [5.74, 6) is 0.543. The Balaban J connectivity index is 0.000000980. The quantitative estimate of drug-likeness (QED) is 0.771. The van der Waals surface area contributed by atoms with E-state index in [2.05, 4.69) is 11.6 Å². The normalized spacial score (nSPS) is 9.71. The van der Waals surface area contributed by atoms with Gasteiger partial charge in [0.1, 0.15) is 0 Å². The van der Waals surface area contributed by atoms with Crippen LogP contribution in [0.5, 0.6) is 0 Å². The summed E-state index contributed by atoms with van der Waals surface area (Å²) in [5.41, 5.74) is 7.73. The fourth-order valence-corrected chi connectivity index (χ4v) is 1.42. The van der Waals surface area contributed by atoms with Crippen LogP contribution >= 0.6 is 12.4 Å². The summed E-state index contributed by atoms with van der Waals surface area (Å²) in [6, 6.07) is 7.88. The Kier molecular flexibility index (Phi) is 3.14. The number of anilines is 1. The lowest BCUT2D eigenvalue weighted by molar-refractivity contribution is 0.866. The molecule has 1 aromatic heterocycles. The fourth-order valence-electron chi connectivity index (χ4n) is 1.42. The monoisotopic (exact) mass is 209 g/mol. The first kappa shape index (κ1) is 10.6. The second-order valence-electron chi connectivity index (χ2n) is 2.86. The highest BCUT2D eigenvalue weighted by molar-refractivity contribution is 5.85. The molecular weight excluding hydrogens is 198 g/mol. The average molecular weight is 210 g/mol. The van der Waals surface area contributed by atoms with E-state index in [0.29, 0.717) is 12.5 Å². The van der Waals surface area contributed by atoms with Crippen molar-refractivity contribution in [3.8, 4) is 0 Å². The van der Waals surface area contributed by atoms with Gasteiger partial charge in [-0.2, -0.15) is 0 Å². The number of nitrogen functional groups attached to an aromatic ring is 1. The van der Waals surface area contributed by atoms with E-state index in [9.17, 15) is 0 Å². The van der Waals surface area contributed by atoms with Crippen LogP contribution in [-0.4, -0.2) is 9.55 Å². The Hall–Kier alpha value is -1.48. The number of imidazole rings is 1. The molecule has 0 radical (unpaired) electrons. The van der Waals surface area contributed by atoms with Gasteiger partial charge in [0.25, 0.3) is 0 Å². The first-order chi connectivity index (χ1) is 6.33. The maximum Gasteiger partial charge on any atom is 0.201 e. The highest BCUT2D eigenvalue weighted by atomic mass is 35.5. The molecule has 0 bridgehead atoms. The predicted octanol–water partition coefficient (Wildman–Crippen LogP) is 2.23. The molecule has 0 saturated carbocycles. The molecule has 3 nitrogen and oxygen atoms in total. The molecule has 0 aliphatic heterocycles. The lowest BCUT2D eigenvalue weighted by Gasteiger charge is -2.00. The number of nitrogens with two attached hydrogens (primary N) is 1. The molecule has 2 N–H and O–H groups in total. The molecule has 4 heteroatoms. The van der Waals surface area contributed by atoms with Crippen molar-refractivity contribution in [1.82, 2.24) is 9.55 Å². The maximum atomic E-state index is 5.74. The van der Waals surface area contributed by atoms with E-state index in [1.54, 1.807) is 0 Å². The minimum absolute atomic E-state index is 0. The number of hydrogen-bond acceptors (Lipinski definition) is 2. The van der Waals surface area contributed by atoms with E-state index in [0.717, 1.165) is 11.0 Å². The van der Waals surface area contributed by atoms with E-state index in [1.807, 2.05) is 34.9 Å². The minimum atomic E-state index is 0. The first-order valence-corrected chi connectivity index (χ1v) is 4.14. The third-order valence-corrected chi connectivity index (χ3v) is 2.00. The van der Waals surface area contributed by atoms with Crippen molar-refractivity contribution < 1.29 is 0 Å². The van der Waals surface area contributed by atoms with Gasteiger partial charge in [-0.05, 0) is 12.1 Å². The maximum absolute atomic E-state index is 5.74. The largest absolute Gasteiger partial charge is 0.369 e. The van der Waals surface area contributed by atoms with Crippen molar-refractivity contribution in [2.45, 2.75) is 6.54 Å². The fraction of sp³-hybridized carbons (Fsp3) is 0.100. The van der Waals surface area contributed by atoms with Crippen LogP contribution in [0.1, 0.15) is 0 Å². The smallest absolute Gasteiger partial charge is 0.201 e. The molecule has 0 spiro atoms. The summed E-state index contributed by atoms with van der Waals surface area (Å²) in [4.78, 5) is 4.22. The van der Waals surface area contributed by atoms with Crippen LogP contribution in [0.3, 0.4) is 0 Å². The highest BCUT2D eigenvalue weighted by Gasteiger charge is 2.04. The second-order valence-corrected chi connectivity index (χ2v) is 2.86. The topological polar surface area (TPSA) is 43.8 Å². The van der Waals surface area contributed by atoms with E-state index in [1.165, 1.54) is 0 Å². The molecule has 74 valence electrons. The van der Waals surface area contributed by atoms with Crippen molar-refractivity contribution in [2.75, 3.05) is 5.73 Å². The van der Waals surface area contributed by atoms with Crippen molar-refractivity contribution in [1.29, 1.82) is 0 Å². The van der Waals surface area contributed by atoms with Gasteiger partial charge in [-0.15, -0.1) is 19.0 Å². The molecule has 0 aliphatic rings. The summed E-state index contributed by atoms with van der Waals surface area (Å²) in [5, 5.41) is 0. The van der Waals surface area contributed by atoms with Crippen molar-refractivity contribution in [2.24, 2.45) is 0 Å². The summed E-state index contributed by atoms with van der Waals surface area (Å²) >= 11 is 0. The molecule has 1 aromatic carbocycles. The first-order valence-electron chi connectivity index (χ1n) is 4.14. The molecule has 14 heavy (non-hydrogen) atoms. The Morgan fingerprint density at radius 1 is 1.43 bits per heavy atom. The van der Waals surface area contributed by atoms with Crippen LogP contribution < -0.4 is 5.73 Å². The number of aromatic nitrogens is 2. The standard InChI is InChI=1S/C10H11N3.ClH/c1-2-7-13-9-6-4-3-5-8(9)12-10(13)11;/h2-6H,1,7H2,(H2,11,12);1H. The van der Waals surface area contributed by atoms with Crippen LogP contribution in [0.4, 0.5) is 5.95 Å². The SMILES string of the molecule is C=CCn1c(N)nc2ccccc21.Cl. The molecular formula is C10H12ClN3. The van der Waals surface area contributed by atoms with Gasteiger partial charge in [0.05, 0.1) is 11.0 Å². The van der Waals surface area contributed by atoms with E-state index >= 15 is 0 Å². The van der Waals surface area contributed by atoms with Gasteiger partial charge in [-0.25, -0.2) is 4.98 Å². The van der Waals surface area contributed by atoms with Crippen molar-refractivity contribution >= 4 is 29.4 Å². The molecule has 0 atom stereocenters. The molecule has 0 fully saturated rings. The van der Waals surface area contributed by atoms with Crippen LogP contribution in [-0.2, 0) is 6.54 Å². The van der Waals surface area contributed by atoms with Crippen molar-refractivity contribution in [3.63, 3.8) is 0 Å². The minimum Gasteiger partial charge on any atom is -0.369 e. The number of fused-ring (bicyclic) bond motifs is 1. The average Bonchev–Trinajstić information content (AvgIpc) is 2.44. The zero-order valence-electron chi connectivity index (χ0n) is 7.68. The van der Waals surface area contributed by atoms with E-state index in [-0.39, 0.29) is 12.4 Å². The summed E-state index contributed by atoms with van der Waals surface area (Å²) in [6.07, 6.45) is 1.81. The number of nitrogens with zero attached hydrogens (tertiary/aromatic N) is 2. The zero-order chi connectivity index (χ0) is 9.26. The Morgan fingerprint density at radius 2 is 2.14 bits per heavy atom. The molecule has 0 saturated heterocycles. The Morgan fingerprint density at radius 3 is 2.86 bits per heavy atom. The number of rotatable bonds is 2. The Labute approximate surface area is 88.7 Å². The van der Waals surface area contributed by atoms with Crippen LogP contribution in [0.2, 0.25) is 0 Å². The van der Waals surface area contributed by atoms with Gasteiger partial charge in [-0.3, -0.25) is 0 Å². The molecule has 0 unspecified atom stereocenters. The number of hydrogen-bond donors (Lipinski definition) is 1. The van der Waals surface area contributed by atoms with Gasteiger partial charge in [0, 0.05) is 6.54 Å². The van der Waals surface area contributed by atoms with Crippen LogP contribution in [0, 0.1) is 0 Å². The number of allylic oxidation sites excluding steroid dienone is 1. The van der Waals surface area contributed by atoms with E-state index in [4.69, 9.17) is 5.73 Å². The van der Waals surface area contributed by atoms with Gasteiger partial charge < -0.3 is 10.3 Å². The summed E-state index contributed by atoms with van der Waals surface area (Å²) in [6.45, 7) is 4.38. The predicted molar refractivity (Wildman–Crippen MR) is 61.6 cm³/mol. The zero-order valence-corrected chi connectivity index (χ0v) is 8.50. The molecule has 1 heterocycles. The van der Waals surface area contributed by atoms with Crippen LogP contribution in [0.25, 0.3) is 11.0 Å². The van der Waals surface area contributed by atoms with Gasteiger partial charge in [-0.1, -0.05) is 18.2 Å².